The van der Waals surface area contributed by atoms with E-state index < -0.39 is 5.97 Å². The van der Waals surface area contributed by atoms with Crippen LogP contribution in [0.4, 0.5) is 6.01 Å². The number of carbonyl (C=O) groups is 1. The minimum Gasteiger partial charge on any atom is -0.478 e. The number of fused-ring (bicyclic) bond motifs is 1. The van der Waals surface area contributed by atoms with Crippen LogP contribution in [0.15, 0.2) is 22.6 Å². The molecule has 5 nitrogen and oxygen atoms in total. The lowest BCUT2D eigenvalue weighted by Gasteiger charge is -2.18. The Balaban J connectivity index is 2.28. The molecule has 1 N–H and O–H groups in total. The number of aromatic nitrogens is 1. The van der Waals surface area contributed by atoms with Crippen LogP contribution in [-0.4, -0.2) is 29.7 Å². The number of hydrogen-bond acceptors (Lipinski definition) is 4. The van der Waals surface area contributed by atoms with Crippen molar-refractivity contribution in [2.24, 2.45) is 5.92 Å². The summed E-state index contributed by atoms with van der Waals surface area (Å²) in [6.07, 6.45) is 1.09. The van der Waals surface area contributed by atoms with Gasteiger partial charge in [-0.1, -0.05) is 20.3 Å². The Morgan fingerprint density at radius 1 is 1.53 bits per heavy atom. The number of carboxylic acids is 1. The van der Waals surface area contributed by atoms with Gasteiger partial charge in [-0.15, -0.1) is 0 Å². The molecule has 19 heavy (non-hydrogen) atoms. The van der Waals surface area contributed by atoms with E-state index in [9.17, 15) is 4.79 Å². The Hall–Kier alpha value is -2.04. The third-order valence-electron chi connectivity index (χ3n) is 3.23. The van der Waals surface area contributed by atoms with Crippen LogP contribution in [0.25, 0.3) is 11.1 Å². The minimum atomic E-state index is -0.965. The lowest BCUT2D eigenvalue weighted by Crippen LogP contribution is -2.23. The molecule has 0 bridgehead atoms. The molecule has 0 spiro atoms. The number of oxazole rings is 1. The second kappa shape index (κ2) is 5.30. The van der Waals surface area contributed by atoms with E-state index in [-0.39, 0.29) is 5.56 Å². The SMILES string of the molecule is CCC(C)CN(C)c1nc2ccc(C(=O)O)cc2o1. The van der Waals surface area contributed by atoms with Gasteiger partial charge in [0.2, 0.25) is 0 Å². The van der Waals surface area contributed by atoms with Gasteiger partial charge >= 0.3 is 5.97 Å². The Morgan fingerprint density at radius 2 is 2.26 bits per heavy atom. The summed E-state index contributed by atoms with van der Waals surface area (Å²) in [6.45, 7) is 5.17. The minimum absolute atomic E-state index is 0.208. The first kappa shape index (κ1) is 13.4. The van der Waals surface area contributed by atoms with Gasteiger partial charge in [0.25, 0.3) is 6.01 Å². The summed E-state index contributed by atoms with van der Waals surface area (Å²) >= 11 is 0. The molecule has 0 aliphatic rings. The fraction of sp³-hybridized carbons (Fsp3) is 0.429. The summed E-state index contributed by atoms with van der Waals surface area (Å²) in [7, 11) is 1.93. The van der Waals surface area contributed by atoms with Crippen molar-refractivity contribution in [2.45, 2.75) is 20.3 Å². The van der Waals surface area contributed by atoms with Crippen molar-refractivity contribution in [3.05, 3.63) is 23.8 Å². The largest absolute Gasteiger partial charge is 0.478 e. The van der Waals surface area contributed by atoms with E-state index in [0.717, 1.165) is 13.0 Å². The highest BCUT2D eigenvalue weighted by atomic mass is 16.4. The lowest BCUT2D eigenvalue weighted by atomic mass is 10.1. The first-order valence-corrected chi connectivity index (χ1v) is 6.36. The number of aromatic carboxylic acids is 1. The average Bonchev–Trinajstić information content (AvgIpc) is 2.81. The predicted molar refractivity (Wildman–Crippen MR) is 73.7 cm³/mol. The van der Waals surface area contributed by atoms with Crippen molar-refractivity contribution in [1.82, 2.24) is 4.98 Å². The molecular formula is C14H18N2O3. The topological polar surface area (TPSA) is 66.6 Å². The quantitative estimate of drug-likeness (QED) is 0.897. The molecule has 5 heteroatoms. The highest BCUT2D eigenvalue weighted by Gasteiger charge is 2.14. The summed E-state index contributed by atoms with van der Waals surface area (Å²) < 4.78 is 5.62. The molecule has 2 aromatic rings. The molecule has 0 saturated heterocycles. The molecule has 0 saturated carbocycles. The summed E-state index contributed by atoms with van der Waals surface area (Å²) in [5.41, 5.74) is 1.39. The number of benzene rings is 1. The smallest absolute Gasteiger partial charge is 0.335 e. The highest BCUT2D eigenvalue weighted by Crippen LogP contribution is 2.23. The Morgan fingerprint density at radius 3 is 2.89 bits per heavy atom. The van der Waals surface area contributed by atoms with Crippen LogP contribution in [0.3, 0.4) is 0 Å². The maximum atomic E-state index is 10.9. The molecule has 2 rings (SSSR count). The number of nitrogens with zero attached hydrogens (tertiary/aromatic N) is 2. The molecule has 1 aromatic heterocycles. The molecule has 102 valence electrons. The van der Waals surface area contributed by atoms with Gasteiger partial charge in [0.1, 0.15) is 5.52 Å². The van der Waals surface area contributed by atoms with Crippen LogP contribution in [0.2, 0.25) is 0 Å². The molecule has 1 heterocycles. The zero-order chi connectivity index (χ0) is 14.0. The summed E-state index contributed by atoms with van der Waals surface area (Å²) in [5.74, 6) is -0.414. The number of anilines is 1. The number of carboxylic acid groups (broad SMARTS) is 1. The summed E-state index contributed by atoms with van der Waals surface area (Å²) in [5, 5.41) is 8.94. The van der Waals surface area contributed by atoms with Crippen LogP contribution < -0.4 is 4.90 Å². The van der Waals surface area contributed by atoms with E-state index in [1.165, 1.54) is 12.1 Å². The van der Waals surface area contributed by atoms with E-state index in [4.69, 9.17) is 9.52 Å². The highest BCUT2D eigenvalue weighted by molar-refractivity contribution is 5.92. The van der Waals surface area contributed by atoms with Gasteiger partial charge in [-0.3, -0.25) is 0 Å². The van der Waals surface area contributed by atoms with Gasteiger partial charge in [0.15, 0.2) is 5.58 Å². The molecule has 0 aliphatic heterocycles. The zero-order valence-electron chi connectivity index (χ0n) is 11.4. The van der Waals surface area contributed by atoms with Crippen LogP contribution in [0.5, 0.6) is 0 Å². The fourth-order valence-corrected chi connectivity index (χ4v) is 1.88. The molecule has 0 amide bonds. The maximum Gasteiger partial charge on any atom is 0.335 e. The van der Waals surface area contributed by atoms with Gasteiger partial charge in [-0.25, -0.2) is 4.79 Å². The van der Waals surface area contributed by atoms with E-state index in [2.05, 4.69) is 18.8 Å². The van der Waals surface area contributed by atoms with Gasteiger partial charge < -0.3 is 14.4 Å². The van der Waals surface area contributed by atoms with E-state index in [0.29, 0.717) is 23.0 Å². The standard InChI is InChI=1S/C14H18N2O3/c1-4-9(2)8-16(3)14-15-11-6-5-10(13(17)18)7-12(11)19-14/h5-7,9H,4,8H2,1-3H3,(H,17,18). The van der Waals surface area contributed by atoms with E-state index in [1.807, 2.05) is 11.9 Å². The van der Waals surface area contributed by atoms with Crippen LogP contribution in [0, 0.1) is 5.92 Å². The predicted octanol–water partition coefficient (Wildman–Crippen LogP) is 3.01. The molecular weight excluding hydrogens is 244 g/mol. The normalized spacial score (nSPS) is 12.6. The lowest BCUT2D eigenvalue weighted by molar-refractivity contribution is 0.0697. The van der Waals surface area contributed by atoms with Crippen molar-refractivity contribution in [3.8, 4) is 0 Å². The van der Waals surface area contributed by atoms with Gasteiger partial charge in [-0.2, -0.15) is 4.98 Å². The molecule has 0 fully saturated rings. The zero-order valence-corrected chi connectivity index (χ0v) is 11.4. The number of rotatable bonds is 5. The second-order valence-electron chi connectivity index (χ2n) is 4.88. The van der Waals surface area contributed by atoms with Crippen LogP contribution >= 0.6 is 0 Å². The Bertz CT molecular complexity index is 591. The molecule has 1 aromatic carbocycles. The average molecular weight is 262 g/mol. The third-order valence-corrected chi connectivity index (χ3v) is 3.23. The van der Waals surface area contributed by atoms with Crippen molar-refractivity contribution >= 4 is 23.1 Å². The van der Waals surface area contributed by atoms with Gasteiger partial charge in [-0.05, 0) is 24.1 Å². The van der Waals surface area contributed by atoms with E-state index >= 15 is 0 Å². The van der Waals surface area contributed by atoms with Crippen molar-refractivity contribution in [1.29, 1.82) is 0 Å². The van der Waals surface area contributed by atoms with Crippen molar-refractivity contribution in [3.63, 3.8) is 0 Å². The monoisotopic (exact) mass is 262 g/mol. The van der Waals surface area contributed by atoms with Crippen LogP contribution in [-0.2, 0) is 0 Å². The van der Waals surface area contributed by atoms with Gasteiger partial charge in [0.05, 0.1) is 5.56 Å². The first-order valence-electron chi connectivity index (χ1n) is 6.36. The third kappa shape index (κ3) is 2.86. The summed E-state index contributed by atoms with van der Waals surface area (Å²) in [6, 6.07) is 5.23. The Kier molecular flexibility index (Phi) is 3.74. The maximum absolute atomic E-state index is 10.9. The van der Waals surface area contributed by atoms with E-state index in [1.54, 1.807) is 6.07 Å². The second-order valence-corrected chi connectivity index (χ2v) is 4.88. The van der Waals surface area contributed by atoms with Crippen LogP contribution in [0.1, 0.15) is 30.6 Å². The molecule has 0 radical (unpaired) electrons. The van der Waals surface area contributed by atoms with Gasteiger partial charge in [0, 0.05) is 13.6 Å². The molecule has 1 unspecified atom stereocenters. The molecule has 1 atom stereocenters. The Labute approximate surface area is 111 Å². The molecule has 0 aliphatic carbocycles. The summed E-state index contributed by atoms with van der Waals surface area (Å²) in [4.78, 5) is 17.2. The van der Waals surface area contributed by atoms with Crippen molar-refractivity contribution < 1.29 is 14.3 Å². The first-order chi connectivity index (χ1) is 9.01. The van der Waals surface area contributed by atoms with Crippen molar-refractivity contribution in [2.75, 3.05) is 18.5 Å². The number of hydrogen-bond donors (Lipinski definition) is 1. The fourth-order valence-electron chi connectivity index (χ4n) is 1.88.